The quantitative estimate of drug-likeness (QED) is 0.381. The van der Waals surface area contributed by atoms with E-state index in [-0.39, 0.29) is 24.0 Å². The van der Waals surface area contributed by atoms with Gasteiger partial charge in [0.15, 0.2) is 11.8 Å². The number of rotatable bonds is 7. The van der Waals surface area contributed by atoms with Crippen LogP contribution in [0.4, 0.5) is 0 Å². The topological polar surface area (TPSA) is 67.6 Å². The molecule has 0 aliphatic rings. The number of para-hydroxylation sites is 1. The van der Waals surface area contributed by atoms with E-state index in [1.807, 2.05) is 56.8 Å². The number of benzene rings is 1. The summed E-state index contributed by atoms with van der Waals surface area (Å²) >= 11 is 0. The first-order valence-electron chi connectivity index (χ1n) is 8.55. The van der Waals surface area contributed by atoms with E-state index in [4.69, 9.17) is 4.74 Å². The number of aromatic nitrogens is 3. The van der Waals surface area contributed by atoms with Gasteiger partial charge in [-0.2, -0.15) is 0 Å². The van der Waals surface area contributed by atoms with Crippen LogP contribution in [-0.4, -0.2) is 52.4 Å². The summed E-state index contributed by atoms with van der Waals surface area (Å²) in [5.41, 5.74) is 1.14. The van der Waals surface area contributed by atoms with E-state index in [1.54, 1.807) is 0 Å². The van der Waals surface area contributed by atoms with Gasteiger partial charge >= 0.3 is 0 Å². The molecule has 0 fully saturated rings. The van der Waals surface area contributed by atoms with Crippen LogP contribution in [0.2, 0.25) is 0 Å². The lowest BCUT2D eigenvalue weighted by Crippen LogP contribution is -2.41. The van der Waals surface area contributed by atoms with Gasteiger partial charge < -0.3 is 19.5 Å². The van der Waals surface area contributed by atoms with Gasteiger partial charge in [-0.25, -0.2) is 4.99 Å². The van der Waals surface area contributed by atoms with Crippen molar-refractivity contribution in [2.45, 2.75) is 27.3 Å². The van der Waals surface area contributed by atoms with Crippen LogP contribution < -0.4 is 10.1 Å². The average molecular weight is 472 g/mol. The van der Waals surface area contributed by atoms with E-state index in [0.29, 0.717) is 13.2 Å². The van der Waals surface area contributed by atoms with Crippen molar-refractivity contribution in [1.29, 1.82) is 0 Å². The van der Waals surface area contributed by atoms with Gasteiger partial charge in [0.1, 0.15) is 24.7 Å². The van der Waals surface area contributed by atoms with Crippen LogP contribution in [0.1, 0.15) is 24.1 Å². The lowest BCUT2D eigenvalue weighted by atomic mass is 10.2. The number of aryl methyl sites for hydroxylation is 2. The van der Waals surface area contributed by atoms with Crippen LogP contribution in [0.25, 0.3) is 0 Å². The minimum absolute atomic E-state index is 0. The fourth-order valence-corrected chi connectivity index (χ4v) is 2.32. The molecule has 1 heterocycles. The minimum Gasteiger partial charge on any atom is -0.491 e. The molecule has 0 aliphatic carbocycles. The lowest BCUT2D eigenvalue weighted by Gasteiger charge is -2.22. The molecule has 26 heavy (non-hydrogen) atoms. The summed E-state index contributed by atoms with van der Waals surface area (Å²) in [6, 6.07) is 8.04. The summed E-state index contributed by atoms with van der Waals surface area (Å²) in [5, 5.41) is 11.5. The highest BCUT2D eigenvalue weighted by Gasteiger charge is 2.09. The molecule has 0 saturated heterocycles. The molecular formula is C18H29IN6O. The average Bonchev–Trinajstić information content (AvgIpc) is 2.92. The first-order chi connectivity index (χ1) is 12.0. The van der Waals surface area contributed by atoms with E-state index in [0.717, 1.165) is 42.0 Å². The Bertz CT molecular complexity index is 715. The van der Waals surface area contributed by atoms with Crippen molar-refractivity contribution in [3.05, 3.63) is 41.5 Å². The third kappa shape index (κ3) is 6.15. The number of hydrogen-bond donors (Lipinski definition) is 1. The summed E-state index contributed by atoms with van der Waals surface area (Å²) in [5.74, 6) is 3.48. The molecule has 0 radical (unpaired) electrons. The maximum Gasteiger partial charge on any atom is 0.194 e. The summed E-state index contributed by atoms with van der Waals surface area (Å²) in [6.07, 6.45) is 0. The molecule has 2 rings (SSSR count). The third-order valence-electron chi connectivity index (χ3n) is 4.03. The number of nitrogens with zero attached hydrogens (tertiary/aromatic N) is 5. The minimum atomic E-state index is 0. The van der Waals surface area contributed by atoms with E-state index >= 15 is 0 Å². The van der Waals surface area contributed by atoms with Gasteiger partial charge in [-0.15, -0.1) is 34.2 Å². The molecule has 0 aliphatic heterocycles. The predicted molar refractivity (Wildman–Crippen MR) is 115 cm³/mol. The molecule has 8 heteroatoms. The van der Waals surface area contributed by atoms with Crippen molar-refractivity contribution in [3.8, 4) is 5.75 Å². The molecule has 0 spiro atoms. The van der Waals surface area contributed by atoms with Gasteiger partial charge in [0.2, 0.25) is 0 Å². The Balaban J connectivity index is 0.00000338. The number of guanidine groups is 1. The van der Waals surface area contributed by atoms with Gasteiger partial charge in [-0.3, -0.25) is 0 Å². The van der Waals surface area contributed by atoms with E-state index < -0.39 is 0 Å². The Labute approximate surface area is 172 Å². The summed E-state index contributed by atoms with van der Waals surface area (Å²) in [4.78, 5) is 6.71. The standard InChI is InChI=1S/C18H28N6O.HI/c1-6-19-18(20-13-17-22-21-15(3)24(17)5)23(4)11-12-25-16-10-8-7-9-14(16)2;/h7-10H,6,11-13H2,1-5H3,(H,19,20);1H. The Hall–Kier alpha value is -1.84. The van der Waals surface area contributed by atoms with Gasteiger partial charge in [-0.05, 0) is 32.4 Å². The summed E-state index contributed by atoms with van der Waals surface area (Å²) in [6.45, 7) is 8.66. The Morgan fingerprint density at radius 3 is 2.62 bits per heavy atom. The van der Waals surface area contributed by atoms with Crippen molar-refractivity contribution in [2.75, 3.05) is 26.7 Å². The highest BCUT2D eigenvalue weighted by molar-refractivity contribution is 14.0. The second-order valence-corrected chi connectivity index (χ2v) is 5.93. The van der Waals surface area contributed by atoms with Crippen molar-refractivity contribution in [2.24, 2.45) is 12.0 Å². The molecule has 0 amide bonds. The van der Waals surface area contributed by atoms with Crippen molar-refractivity contribution in [3.63, 3.8) is 0 Å². The van der Waals surface area contributed by atoms with Crippen LogP contribution in [0.3, 0.4) is 0 Å². The van der Waals surface area contributed by atoms with Crippen LogP contribution >= 0.6 is 24.0 Å². The van der Waals surface area contributed by atoms with E-state index in [2.05, 4.69) is 32.3 Å². The highest BCUT2D eigenvalue weighted by atomic mass is 127. The molecule has 0 bridgehead atoms. The van der Waals surface area contributed by atoms with Crippen LogP contribution in [-0.2, 0) is 13.6 Å². The summed E-state index contributed by atoms with van der Waals surface area (Å²) < 4.78 is 7.82. The number of halogens is 1. The number of hydrogen-bond acceptors (Lipinski definition) is 4. The largest absolute Gasteiger partial charge is 0.491 e. The first-order valence-corrected chi connectivity index (χ1v) is 8.55. The molecule has 144 valence electrons. The Morgan fingerprint density at radius 1 is 1.27 bits per heavy atom. The third-order valence-corrected chi connectivity index (χ3v) is 4.03. The number of likely N-dealkylation sites (N-methyl/N-ethyl adjacent to an activating group) is 1. The van der Waals surface area contributed by atoms with Gasteiger partial charge in [0.05, 0.1) is 6.54 Å². The molecule has 2 aromatic rings. The first kappa shape index (κ1) is 22.2. The zero-order valence-electron chi connectivity index (χ0n) is 16.2. The number of aliphatic imine (C=N–C) groups is 1. The van der Waals surface area contributed by atoms with Crippen molar-refractivity contribution < 1.29 is 4.74 Å². The smallest absolute Gasteiger partial charge is 0.194 e. The van der Waals surface area contributed by atoms with Gasteiger partial charge in [-0.1, -0.05) is 18.2 Å². The maximum absolute atomic E-state index is 5.87. The Kier molecular flexibility index (Phi) is 9.39. The van der Waals surface area contributed by atoms with Crippen LogP contribution in [0.15, 0.2) is 29.3 Å². The summed E-state index contributed by atoms with van der Waals surface area (Å²) in [7, 11) is 3.96. The molecule has 7 nitrogen and oxygen atoms in total. The van der Waals surface area contributed by atoms with Crippen molar-refractivity contribution in [1.82, 2.24) is 25.0 Å². The second-order valence-electron chi connectivity index (χ2n) is 5.93. The highest BCUT2D eigenvalue weighted by Crippen LogP contribution is 2.15. The molecular weight excluding hydrogens is 443 g/mol. The lowest BCUT2D eigenvalue weighted by molar-refractivity contribution is 0.280. The molecule has 0 saturated carbocycles. The fraction of sp³-hybridized carbons (Fsp3) is 0.500. The van der Waals surface area contributed by atoms with Crippen LogP contribution in [0.5, 0.6) is 5.75 Å². The molecule has 0 atom stereocenters. The Morgan fingerprint density at radius 2 is 2.00 bits per heavy atom. The normalized spacial score (nSPS) is 11.0. The molecule has 1 aromatic carbocycles. The molecule has 1 N–H and O–H groups in total. The second kappa shape index (κ2) is 11.0. The fourth-order valence-electron chi connectivity index (χ4n) is 2.32. The molecule has 1 aromatic heterocycles. The maximum atomic E-state index is 5.87. The number of ether oxygens (including phenoxy) is 1. The SMILES string of the molecule is CCNC(=NCc1nnc(C)n1C)N(C)CCOc1ccccc1C.I. The molecule has 0 unspecified atom stereocenters. The van der Waals surface area contributed by atoms with E-state index in [9.17, 15) is 0 Å². The number of nitrogens with one attached hydrogen (secondary N) is 1. The van der Waals surface area contributed by atoms with E-state index in [1.165, 1.54) is 0 Å². The zero-order valence-corrected chi connectivity index (χ0v) is 18.5. The zero-order chi connectivity index (χ0) is 18.2. The van der Waals surface area contributed by atoms with Gasteiger partial charge in [0, 0.05) is 20.6 Å². The van der Waals surface area contributed by atoms with Crippen LogP contribution in [0, 0.1) is 13.8 Å². The predicted octanol–water partition coefficient (Wildman–Crippen LogP) is 2.53. The van der Waals surface area contributed by atoms with Gasteiger partial charge in [0.25, 0.3) is 0 Å². The monoisotopic (exact) mass is 472 g/mol. The van der Waals surface area contributed by atoms with Crippen molar-refractivity contribution >= 4 is 29.9 Å².